The molecule has 2 N–H and O–H groups in total. The second-order valence-corrected chi connectivity index (χ2v) is 7.54. The summed E-state index contributed by atoms with van der Waals surface area (Å²) in [6.07, 6.45) is 3.05. The van der Waals surface area contributed by atoms with E-state index in [2.05, 4.69) is 26.9 Å². The van der Waals surface area contributed by atoms with Gasteiger partial charge in [0.05, 0.1) is 24.3 Å². The maximum Gasteiger partial charge on any atom is 0.176 e. The Morgan fingerprint density at radius 2 is 1.33 bits per heavy atom. The number of benzene rings is 2. The van der Waals surface area contributed by atoms with Crippen molar-refractivity contribution < 1.29 is 37.7 Å². The average Bonchev–Trinajstić information content (AvgIpc) is 2.90. The molecule has 0 unspecified atom stereocenters. The van der Waals surface area contributed by atoms with E-state index < -0.39 is 34.5 Å². The summed E-state index contributed by atoms with van der Waals surface area (Å²) in [6.45, 7) is 10.9. The molecule has 6 nitrogen and oxygen atoms in total. The summed E-state index contributed by atoms with van der Waals surface area (Å²) in [5.74, 6) is -3.67. The molecule has 39 heavy (non-hydrogen) atoms. The minimum absolute atomic E-state index is 0. The van der Waals surface area contributed by atoms with Gasteiger partial charge in [0.1, 0.15) is 0 Å². The molecule has 203 valence electrons. The molecule has 0 saturated carbocycles. The van der Waals surface area contributed by atoms with Crippen LogP contribution in [-0.4, -0.2) is 23.1 Å². The molecule has 0 aliphatic carbocycles. The molecular formula is C28H20F4IrN6-4. The third-order valence-corrected chi connectivity index (χ3v) is 4.71. The summed E-state index contributed by atoms with van der Waals surface area (Å²) in [7, 11) is 0. The Kier molecular flexibility index (Phi) is 13.6. The summed E-state index contributed by atoms with van der Waals surface area (Å²) in [6, 6.07) is 15.1. The number of rotatable bonds is 3. The molecular weight excluding hydrogens is 689 g/mol. The Bertz CT molecular complexity index is 1390. The topological polar surface area (TPSA) is 102 Å². The molecule has 0 atom stereocenters. The zero-order valence-corrected chi connectivity index (χ0v) is 23.1. The molecule has 2 aromatic carbocycles. The molecule has 0 aliphatic heterocycles. The first kappa shape index (κ1) is 33.0. The number of nitrogens with zero attached hydrogens (tertiary/aromatic N) is 4. The van der Waals surface area contributed by atoms with E-state index in [4.69, 9.17) is 23.3 Å². The van der Waals surface area contributed by atoms with E-state index in [0.29, 0.717) is 11.4 Å². The molecule has 4 rings (SSSR count). The normalized spacial score (nSPS) is 9.49. The molecule has 0 fully saturated rings. The number of aromatic nitrogens is 2. The number of halogens is 4. The molecule has 0 amide bonds. The minimum atomic E-state index is -0.925. The SMILES string of the molecule is Cc1ccnc(-c2[c-]cc(F)c(C#N)c2F)c1.[C-]#[N+]c1c(F)c[c-]c(-c2cc(C)ccn2)c1F.[Ir].[NH-]CC[NH-]. The van der Waals surface area contributed by atoms with Crippen molar-refractivity contribution >= 4 is 5.69 Å². The second-order valence-electron chi connectivity index (χ2n) is 7.54. The number of nitriles is 1. The first-order valence-corrected chi connectivity index (χ1v) is 10.9. The van der Waals surface area contributed by atoms with Gasteiger partial charge in [-0.15, -0.1) is 29.8 Å². The predicted molar refractivity (Wildman–Crippen MR) is 136 cm³/mol. The summed E-state index contributed by atoms with van der Waals surface area (Å²) in [5, 5.41) is 8.66. The summed E-state index contributed by atoms with van der Waals surface area (Å²) in [5.41, 5.74) is 13.8. The Balaban J connectivity index is 0.000000336. The first-order chi connectivity index (χ1) is 18.2. The van der Waals surface area contributed by atoms with Crippen molar-refractivity contribution in [3.8, 4) is 28.6 Å². The van der Waals surface area contributed by atoms with Crippen LogP contribution in [0.5, 0.6) is 0 Å². The zero-order chi connectivity index (χ0) is 28.2. The molecule has 0 spiro atoms. The third kappa shape index (κ3) is 8.78. The smallest absolute Gasteiger partial charge is 0.176 e. The predicted octanol–water partition coefficient (Wildman–Crippen LogP) is 7.78. The van der Waals surface area contributed by atoms with E-state index in [1.165, 1.54) is 18.5 Å². The quantitative estimate of drug-likeness (QED) is 0.161. The van der Waals surface area contributed by atoms with Crippen LogP contribution >= 0.6 is 0 Å². The molecule has 1 radical (unpaired) electrons. The summed E-state index contributed by atoms with van der Waals surface area (Å²) >= 11 is 0. The molecule has 0 aliphatic rings. The van der Waals surface area contributed by atoms with Crippen molar-refractivity contribution in [2.45, 2.75) is 13.8 Å². The van der Waals surface area contributed by atoms with Crippen molar-refractivity contribution in [1.29, 1.82) is 5.26 Å². The fourth-order valence-corrected chi connectivity index (χ4v) is 2.91. The second kappa shape index (κ2) is 16.1. The molecule has 11 heteroatoms. The van der Waals surface area contributed by atoms with Gasteiger partial charge in [0, 0.05) is 49.7 Å². The van der Waals surface area contributed by atoms with Gasteiger partial charge in [-0.3, -0.25) is 22.4 Å². The van der Waals surface area contributed by atoms with Gasteiger partial charge < -0.3 is 21.4 Å². The first-order valence-electron chi connectivity index (χ1n) is 10.9. The van der Waals surface area contributed by atoms with Gasteiger partial charge in [0.25, 0.3) is 0 Å². The maximum atomic E-state index is 13.8. The average molecular weight is 709 g/mol. The van der Waals surface area contributed by atoms with Crippen LogP contribution in [0.2, 0.25) is 0 Å². The summed E-state index contributed by atoms with van der Waals surface area (Å²) < 4.78 is 53.9. The van der Waals surface area contributed by atoms with Gasteiger partial charge in [0.2, 0.25) is 0 Å². The van der Waals surface area contributed by atoms with Gasteiger partial charge >= 0.3 is 0 Å². The third-order valence-electron chi connectivity index (χ3n) is 4.71. The van der Waals surface area contributed by atoms with Crippen molar-refractivity contribution in [2.75, 3.05) is 13.1 Å². The van der Waals surface area contributed by atoms with Gasteiger partial charge in [-0.1, -0.05) is 28.8 Å². The van der Waals surface area contributed by atoms with Gasteiger partial charge in [-0.05, 0) is 37.4 Å². The van der Waals surface area contributed by atoms with E-state index in [1.54, 1.807) is 24.3 Å². The van der Waals surface area contributed by atoms with Gasteiger partial charge in [-0.25, -0.2) is 0 Å². The van der Waals surface area contributed by atoms with Crippen LogP contribution in [0, 0.1) is 67.2 Å². The van der Waals surface area contributed by atoms with E-state index in [1.807, 2.05) is 13.8 Å². The number of hydrogen-bond donors (Lipinski definition) is 0. The Morgan fingerprint density at radius 1 is 0.872 bits per heavy atom. The van der Waals surface area contributed by atoms with E-state index in [0.717, 1.165) is 23.3 Å². The van der Waals surface area contributed by atoms with Crippen LogP contribution in [-0.2, 0) is 20.1 Å². The van der Waals surface area contributed by atoms with Crippen LogP contribution in [0.3, 0.4) is 0 Å². The maximum absolute atomic E-state index is 13.8. The molecule has 2 aromatic heterocycles. The molecule has 0 saturated heterocycles. The van der Waals surface area contributed by atoms with Crippen LogP contribution in [0.1, 0.15) is 16.7 Å². The fourth-order valence-electron chi connectivity index (χ4n) is 2.91. The van der Waals surface area contributed by atoms with Crippen LogP contribution in [0.15, 0.2) is 48.8 Å². The van der Waals surface area contributed by atoms with E-state index in [9.17, 15) is 17.6 Å². The fraction of sp³-hybridized carbons (Fsp3) is 0.143. The number of aryl methyl sites for hydroxylation is 2. The Hall–Kier alpha value is -3.99. The molecule has 2 heterocycles. The van der Waals surface area contributed by atoms with E-state index >= 15 is 0 Å². The number of pyridine rings is 2. The molecule has 4 aromatic rings. The van der Waals surface area contributed by atoms with Gasteiger partial charge in [-0.2, -0.15) is 18.4 Å². The number of hydrogen-bond acceptors (Lipinski definition) is 3. The van der Waals surface area contributed by atoms with Crippen molar-refractivity contribution in [2.24, 2.45) is 0 Å². The van der Waals surface area contributed by atoms with Crippen molar-refractivity contribution in [1.82, 2.24) is 9.97 Å². The minimum Gasteiger partial charge on any atom is -0.679 e. The number of nitrogens with one attached hydrogen (secondary N) is 2. The monoisotopic (exact) mass is 709 g/mol. The zero-order valence-electron chi connectivity index (χ0n) is 20.7. The molecule has 0 bridgehead atoms. The van der Waals surface area contributed by atoms with Crippen molar-refractivity contribution in [3.63, 3.8) is 0 Å². The standard InChI is InChI=1S/2C13H7F2N2.C2H6N2.Ir/c1-8-5-6-17-11(7-8)9-3-4-10(14)13(16-2)12(9)15;1-8-4-5-17-12(6-8)9-2-3-11(14)10(7-16)13(9)15;3-1-2-4;/h4-7H,1H3;3-6H,1H3;3-4H,1-2H2;/q2*-1;-2;. The van der Waals surface area contributed by atoms with Crippen molar-refractivity contribution in [3.05, 3.63) is 124 Å². The van der Waals surface area contributed by atoms with E-state index in [-0.39, 0.29) is 44.3 Å². The Labute approximate surface area is 237 Å². The van der Waals surface area contributed by atoms with Crippen LogP contribution in [0.25, 0.3) is 38.8 Å². The Morgan fingerprint density at radius 3 is 1.74 bits per heavy atom. The summed E-state index contributed by atoms with van der Waals surface area (Å²) in [4.78, 5) is 10.8. The van der Waals surface area contributed by atoms with Crippen LogP contribution in [0.4, 0.5) is 23.2 Å². The van der Waals surface area contributed by atoms with Gasteiger partial charge in [0.15, 0.2) is 5.69 Å². The van der Waals surface area contributed by atoms with Crippen LogP contribution < -0.4 is 0 Å². The largest absolute Gasteiger partial charge is 0.679 e.